The highest BCUT2D eigenvalue weighted by Crippen LogP contribution is 2.18. The second-order valence-corrected chi connectivity index (χ2v) is 6.59. The second kappa shape index (κ2) is 11.1. The van der Waals surface area contributed by atoms with Gasteiger partial charge in [0.1, 0.15) is 22.6 Å². The number of aryl methyl sites for hydroxylation is 1. The molecule has 0 spiro atoms. The van der Waals surface area contributed by atoms with E-state index in [9.17, 15) is 0 Å². The number of nitrogens with one attached hydrogen (secondary N) is 2. The molecule has 1 aromatic heterocycles. The maximum atomic E-state index is 5.86. The fourth-order valence-corrected chi connectivity index (χ4v) is 2.76. The molecule has 1 aromatic carbocycles. The van der Waals surface area contributed by atoms with Crippen LogP contribution in [0.3, 0.4) is 0 Å². The van der Waals surface area contributed by atoms with Crippen LogP contribution in [-0.4, -0.2) is 37.7 Å². The van der Waals surface area contributed by atoms with Crippen molar-refractivity contribution in [1.29, 1.82) is 0 Å². The number of thiazole rings is 1. The highest BCUT2D eigenvalue weighted by Gasteiger charge is 2.07. The minimum atomic E-state index is -0.000878. The van der Waals surface area contributed by atoms with E-state index < -0.39 is 0 Å². The number of ether oxygens (including phenoxy) is 2. The van der Waals surface area contributed by atoms with Gasteiger partial charge < -0.3 is 20.1 Å². The first-order valence-electron chi connectivity index (χ1n) is 7.77. The maximum absolute atomic E-state index is 5.86. The van der Waals surface area contributed by atoms with Crippen LogP contribution in [0.15, 0.2) is 35.5 Å². The van der Waals surface area contributed by atoms with Crippen molar-refractivity contribution in [2.24, 2.45) is 4.99 Å². The summed E-state index contributed by atoms with van der Waals surface area (Å²) >= 11 is 1.68. The highest BCUT2D eigenvalue weighted by molar-refractivity contribution is 14.0. The molecule has 0 bridgehead atoms. The molecule has 0 aliphatic rings. The summed E-state index contributed by atoms with van der Waals surface area (Å²) < 4.78 is 11.0. The summed E-state index contributed by atoms with van der Waals surface area (Å²) in [5.74, 6) is 2.36. The van der Waals surface area contributed by atoms with Crippen LogP contribution in [0.5, 0.6) is 11.5 Å². The van der Waals surface area contributed by atoms with Crippen LogP contribution >= 0.6 is 35.3 Å². The topological polar surface area (TPSA) is 67.8 Å². The Kier molecular flexibility index (Phi) is 9.58. The lowest BCUT2D eigenvalue weighted by atomic mass is 10.3. The van der Waals surface area contributed by atoms with Crippen molar-refractivity contribution in [3.8, 4) is 11.5 Å². The van der Waals surface area contributed by atoms with Crippen LogP contribution in [0, 0.1) is 6.92 Å². The summed E-state index contributed by atoms with van der Waals surface area (Å²) in [4.78, 5) is 9.74. The monoisotopic (exact) mass is 476 g/mol. The number of methoxy groups -OCH3 is 1. The average molecular weight is 476 g/mol. The van der Waals surface area contributed by atoms with Crippen molar-refractivity contribution >= 4 is 41.3 Å². The average Bonchev–Trinajstić information content (AvgIpc) is 3.01. The Morgan fingerprint density at radius 1 is 1.24 bits per heavy atom. The number of nitrogens with zero attached hydrogens (tertiary/aromatic N) is 2. The van der Waals surface area contributed by atoms with Gasteiger partial charge in [-0.3, -0.25) is 4.99 Å². The molecule has 0 saturated heterocycles. The first-order valence-corrected chi connectivity index (χ1v) is 8.59. The Bertz CT molecular complexity index is 661. The van der Waals surface area contributed by atoms with Gasteiger partial charge in [-0.05, 0) is 38.1 Å². The summed E-state index contributed by atoms with van der Waals surface area (Å²) in [6.45, 7) is 5.36. The zero-order chi connectivity index (χ0) is 17.4. The summed E-state index contributed by atoms with van der Waals surface area (Å²) in [5.41, 5.74) is 0. The Hall–Kier alpha value is -1.55. The van der Waals surface area contributed by atoms with Gasteiger partial charge in [-0.2, -0.15) is 0 Å². The van der Waals surface area contributed by atoms with E-state index in [1.165, 1.54) is 4.88 Å². The van der Waals surface area contributed by atoms with Crippen molar-refractivity contribution < 1.29 is 9.47 Å². The second-order valence-electron chi connectivity index (χ2n) is 5.28. The zero-order valence-electron chi connectivity index (χ0n) is 14.9. The van der Waals surface area contributed by atoms with Crippen LogP contribution in [0.2, 0.25) is 0 Å². The number of guanidine groups is 1. The third kappa shape index (κ3) is 7.47. The molecule has 0 aliphatic carbocycles. The van der Waals surface area contributed by atoms with Crippen LogP contribution in [0.25, 0.3) is 0 Å². The molecule has 0 saturated carbocycles. The minimum absolute atomic E-state index is 0. The van der Waals surface area contributed by atoms with Gasteiger partial charge in [0.2, 0.25) is 0 Å². The number of rotatable bonds is 7. The van der Waals surface area contributed by atoms with Gasteiger partial charge in [-0.25, -0.2) is 4.98 Å². The molecule has 2 rings (SSSR count). The number of benzene rings is 1. The first-order chi connectivity index (χ1) is 11.6. The predicted molar refractivity (Wildman–Crippen MR) is 114 cm³/mol. The standard InChI is InChI=1S/C17H24N4O2S.HI/c1-12(23-15-7-5-14(22-4)6-8-15)9-20-17(18-3)21-11-16-19-10-13(2)24-16;/h5-8,10,12H,9,11H2,1-4H3,(H2,18,20,21);1H. The molecule has 0 radical (unpaired) electrons. The fourth-order valence-electron chi connectivity index (χ4n) is 2.03. The van der Waals surface area contributed by atoms with E-state index in [2.05, 4.69) is 20.6 Å². The number of hydrogen-bond donors (Lipinski definition) is 2. The molecule has 0 fully saturated rings. The Balaban J connectivity index is 0.00000312. The van der Waals surface area contributed by atoms with Gasteiger partial charge in [-0.1, -0.05) is 0 Å². The van der Waals surface area contributed by atoms with E-state index in [0.29, 0.717) is 13.1 Å². The molecule has 1 atom stereocenters. The molecule has 0 aliphatic heterocycles. The Morgan fingerprint density at radius 2 is 1.92 bits per heavy atom. The van der Waals surface area contributed by atoms with Gasteiger partial charge in [-0.15, -0.1) is 35.3 Å². The zero-order valence-corrected chi connectivity index (χ0v) is 18.1. The Morgan fingerprint density at radius 3 is 2.48 bits per heavy atom. The van der Waals surface area contributed by atoms with Crippen molar-refractivity contribution in [1.82, 2.24) is 15.6 Å². The van der Waals surface area contributed by atoms with Crippen molar-refractivity contribution in [2.75, 3.05) is 20.7 Å². The molecule has 138 valence electrons. The van der Waals surface area contributed by atoms with Gasteiger partial charge in [0.05, 0.1) is 20.2 Å². The first kappa shape index (κ1) is 21.5. The SMILES string of the molecule is CN=C(NCc1ncc(C)s1)NCC(C)Oc1ccc(OC)cc1.I. The summed E-state index contributed by atoms with van der Waals surface area (Å²) in [6.07, 6.45) is 1.88. The smallest absolute Gasteiger partial charge is 0.191 e. The van der Waals surface area contributed by atoms with Gasteiger partial charge in [0.25, 0.3) is 0 Å². The normalized spacial score (nSPS) is 12.1. The van der Waals surface area contributed by atoms with Crippen LogP contribution in [0.1, 0.15) is 16.8 Å². The fraction of sp³-hybridized carbons (Fsp3) is 0.412. The minimum Gasteiger partial charge on any atom is -0.497 e. The summed E-state index contributed by atoms with van der Waals surface area (Å²) in [6, 6.07) is 7.55. The molecule has 25 heavy (non-hydrogen) atoms. The molecule has 2 N–H and O–H groups in total. The van der Waals surface area contributed by atoms with Gasteiger partial charge in [0, 0.05) is 18.1 Å². The summed E-state index contributed by atoms with van der Waals surface area (Å²) in [7, 11) is 3.39. The van der Waals surface area contributed by atoms with E-state index >= 15 is 0 Å². The largest absolute Gasteiger partial charge is 0.497 e. The molecule has 6 nitrogen and oxygen atoms in total. The van der Waals surface area contributed by atoms with E-state index in [1.807, 2.05) is 44.3 Å². The third-order valence-electron chi connectivity index (χ3n) is 3.25. The van der Waals surface area contributed by atoms with Crippen molar-refractivity contribution in [2.45, 2.75) is 26.5 Å². The van der Waals surface area contributed by atoms with E-state index in [4.69, 9.17) is 9.47 Å². The molecule has 2 aromatic rings. The number of hydrogen-bond acceptors (Lipinski definition) is 5. The number of aromatic nitrogens is 1. The van der Waals surface area contributed by atoms with Crippen molar-refractivity contribution in [3.05, 3.63) is 40.3 Å². The van der Waals surface area contributed by atoms with Crippen LogP contribution in [-0.2, 0) is 6.54 Å². The third-order valence-corrected chi connectivity index (χ3v) is 4.17. The molecule has 0 amide bonds. The van der Waals surface area contributed by atoms with Crippen LogP contribution in [0.4, 0.5) is 0 Å². The van der Waals surface area contributed by atoms with E-state index in [0.717, 1.165) is 22.5 Å². The maximum Gasteiger partial charge on any atom is 0.191 e. The van der Waals surface area contributed by atoms with Crippen molar-refractivity contribution in [3.63, 3.8) is 0 Å². The predicted octanol–water partition coefficient (Wildman–Crippen LogP) is 3.21. The lowest BCUT2D eigenvalue weighted by Gasteiger charge is -2.17. The van der Waals surface area contributed by atoms with Crippen LogP contribution < -0.4 is 20.1 Å². The Labute approximate surface area is 170 Å². The highest BCUT2D eigenvalue weighted by atomic mass is 127. The quantitative estimate of drug-likeness (QED) is 0.365. The van der Waals surface area contributed by atoms with E-state index in [-0.39, 0.29) is 30.1 Å². The number of halogens is 1. The van der Waals surface area contributed by atoms with Gasteiger partial charge in [0.15, 0.2) is 5.96 Å². The summed E-state index contributed by atoms with van der Waals surface area (Å²) in [5, 5.41) is 7.54. The number of aliphatic imine (C=N–C) groups is 1. The van der Waals surface area contributed by atoms with E-state index in [1.54, 1.807) is 25.5 Å². The molecular weight excluding hydrogens is 451 g/mol. The lowest BCUT2D eigenvalue weighted by Crippen LogP contribution is -2.41. The molecule has 8 heteroatoms. The molecule has 1 heterocycles. The van der Waals surface area contributed by atoms with Gasteiger partial charge >= 0.3 is 0 Å². The lowest BCUT2D eigenvalue weighted by molar-refractivity contribution is 0.223. The molecular formula is C17H25IN4O2S. The molecule has 1 unspecified atom stereocenters.